The van der Waals surface area contributed by atoms with Crippen LogP contribution >= 0.6 is 0 Å². The Bertz CT molecular complexity index is 1090. The second-order valence-corrected chi connectivity index (χ2v) is 11.8. The first kappa shape index (κ1) is 29.1. The van der Waals surface area contributed by atoms with E-state index in [0.29, 0.717) is 22.7 Å². The van der Waals surface area contributed by atoms with Crippen molar-refractivity contribution in [3.63, 3.8) is 0 Å². The molecule has 1 aliphatic carbocycles. The fourth-order valence-corrected chi connectivity index (χ4v) is 5.53. The fraction of sp³-hybridized carbons (Fsp3) is 0.680. The van der Waals surface area contributed by atoms with Crippen LogP contribution in [0.25, 0.3) is 5.65 Å². The van der Waals surface area contributed by atoms with Crippen LogP contribution in [0.4, 0.5) is 13.6 Å². The Morgan fingerprint density at radius 2 is 2.11 bits per heavy atom. The number of aromatic nitrogens is 3. The molecule has 0 unspecified atom stereocenters. The Labute approximate surface area is 219 Å². The lowest BCUT2D eigenvalue weighted by molar-refractivity contribution is -0.0500. The number of imidazole rings is 1. The number of hydrogen-bond donors (Lipinski definition) is 2. The number of ether oxygens (including phenoxy) is 1. The fourth-order valence-electron chi connectivity index (χ4n) is 4.33. The second kappa shape index (κ2) is 12.4. The van der Waals surface area contributed by atoms with Crippen molar-refractivity contribution in [1.82, 2.24) is 24.6 Å². The van der Waals surface area contributed by atoms with E-state index in [9.17, 15) is 23.4 Å². The lowest BCUT2D eigenvalue weighted by atomic mass is 9.81. The molecule has 1 fully saturated rings. The van der Waals surface area contributed by atoms with Crippen molar-refractivity contribution in [1.29, 1.82) is 5.26 Å². The van der Waals surface area contributed by atoms with E-state index in [1.165, 1.54) is 4.52 Å². The summed E-state index contributed by atoms with van der Waals surface area (Å²) in [5, 5.41) is 16.5. The van der Waals surface area contributed by atoms with Gasteiger partial charge < -0.3 is 14.6 Å². The number of carbonyl (C=O) groups excluding carboxylic acids is 1. The highest BCUT2D eigenvalue weighted by molar-refractivity contribution is 7.89. The summed E-state index contributed by atoms with van der Waals surface area (Å²) >= 11 is -1.29. The van der Waals surface area contributed by atoms with Gasteiger partial charge in [0.2, 0.25) is 5.92 Å². The van der Waals surface area contributed by atoms with Gasteiger partial charge in [0.05, 0.1) is 42.7 Å². The van der Waals surface area contributed by atoms with Gasteiger partial charge in [0.15, 0.2) is 5.65 Å². The van der Waals surface area contributed by atoms with E-state index in [1.54, 1.807) is 39.2 Å². The normalized spacial score (nSPS) is 18.6. The molecule has 204 valence electrons. The minimum absolute atomic E-state index is 0.0996. The molecule has 1 amide bonds. The minimum Gasteiger partial charge on any atom is -0.598 e. The van der Waals surface area contributed by atoms with Crippen molar-refractivity contribution in [3.8, 4) is 6.07 Å². The highest BCUT2D eigenvalue weighted by atomic mass is 32.2. The van der Waals surface area contributed by atoms with Gasteiger partial charge in [-0.25, -0.2) is 23.1 Å². The van der Waals surface area contributed by atoms with Crippen LogP contribution in [0.15, 0.2) is 18.5 Å². The Kier molecular flexibility index (Phi) is 9.72. The Hall–Kier alpha value is -2.49. The standard InChI is InChI=1S/C25H36F2N6O3S/c1-5-6-13-37(35)32-19(9-12-28)18-14-21-30-20(16-33(21)29-15-18)22(31-23(34)36-24(2,3)4)17-7-10-25(26,27)11-8-17/h14-17,19,22,32H,5-11,13H2,1-4H3,(H,31,34)/t19-,22+,37+/m1/s1. The average molecular weight is 539 g/mol. The molecule has 0 saturated heterocycles. The van der Waals surface area contributed by atoms with Gasteiger partial charge >= 0.3 is 6.09 Å². The molecule has 1 aliphatic rings. The molecule has 2 aromatic rings. The minimum atomic E-state index is -2.71. The van der Waals surface area contributed by atoms with E-state index >= 15 is 0 Å². The second-order valence-electron chi connectivity index (χ2n) is 10.5. The monoisotopic (exact) mass is 538 g/mol. The molecule has 0 radical (unpaired) electrons. The number of fused-ring (bicyclic) bond motifs is 1. The number of alkyl carbamates (subject to hydrolysis) is 1. The summed E-state index contributed by atoms with van der Waals surface area (Å²) in [6.07, 6.45) is 4.39. The lowest BCUT2D eigenvalue weighted by Gasteiger charge is -2.33. The molecule has 2 heterocycles. The summed E-state index contributed by atoms with van der Waals surface area (Å²) in [5.74, 6) is -2.46. The van der Waals surface area contributed by atoms with E-state index < -0.39 is 41.1 Å². The SMILES string of the molecule is CCCC[S@+]([O-])N[C@H](CC#N)c1cnn2cc([C@@H](NC(=O)OC(C)(C)C)C3CCC(F)(F)CC3)nc2c1. The maximum absolute atomic E-state index is 13.8. The average Bonchev–Trinajstić information content (AvgIpc) is 3.23. The molecular weight excluding hydrogens is 502 g/mol. The van der Waals surface area contributed by atoms with E-state index in [2.05, 4.69) is 26.2 Å². The highest BCUT2D eigenvalue weighted by Crippen LogP contribution is 2.41. The summed E-state index contributed by atoms with van der Waals surface area (Å²) in [6, 6.07) is 2.74. The smallest absolute Gasteiger partial charge is 0.408 e. The largest absolute Gasteiger partial charge is 0.598 e. The zero-order valence-electron chi connectivity index (χ0n) is 21.8. The van der Waals surface area contributed by atoms with E-state index in [0.717, 1.165) is 12.8 Å². The van der Waals surface area contributed by atoms with Gasteiger partial charge in [-0.05, 0) is 57.6 Å². The molecule has 1 saturated carbocycles. The number of halogens is 2. The quantitative estimate of drug-likeness (QED) is 0.402. The van der Waals surface area contributed by atoms with Crippen molar-refractivity contribution < 1.29 is 22.9 Å². The number of nitriles is 1. The van der Waals surface area contributed by atoms with Crippen LogP contribution < -0.4 is 10.0 Å². The zero-order valence-corrected chi connectivity index (χ0v) is 22.6. The Morgan fingerprint density at radius 3 is 2.73 bits per heavy atom. The van der Waals surface area contributed by atoms with Crippen LogP contribution in [0, 0.1) is 17.2 Å². The van der Waals surface area contributed by atoms with Gasteiger partial charge in [0, 0.05) is 24.2 Å². The van der Waals surface area contributed by atoms with Gasteiger partial charge in [-0.1, -0.05) is 13.3 Å². The van der Waals surface area contributed by atoms with Crippen LogP contribution in [0.1, 0.15) is 96.0 Å². The van der Waals surface area contributed by atoms with Crippen molar-refractivity contribution in [2.24, 2.45) is 5.92 Å². The first-order valence-corrected chi connectivity index (χ1v) is 14.0. The molecule has 12 heteroatoms. The Morgan fingerprint density at radius 1 is 1.41 bits per heavy atom. The van der Waals surface area contributed by atoms with Crippen LogP contribution in [0.5, 0.6) is 0 Å². The zero-order chi connectivity index (χ0) is 27.2. The predicted molar refractivity (Wildman–Crippen MR) is 136 cm³/mol. The number of carbonyl (C=O) groups is 1. The first-order valence-electron chi connectivity index (χ1n) is 12.6. The third-order valence-corrected chi connectivity index (χ3v) is 7.45. The predicted octanol–water partition coefficient (Wildman–Crippen LogP) is 5.13. The van der Waals surface area contributed by atoms with Gasteiger partial charge in [0.25, 0.3) is 0 Å². The summed E-state index contributed by atoms with van der Waals surface area (Å²) in [6.45, 7) is 7.27. The number of hydrogen-bond acceptors (Lipinski definition) is 7. The van der Waals surface area contributed by atoms with Crippen LogP contribution in [0.3, 0.4) is 0 Å². The molecule has 0 bridgehead atoms. The molecule has 3 atom stereocenters. The van der Waals surface area contributed by atoms with E-state index in [-0.39, 0.29) is 38.0 Å². The summed E-state index contributed by atoms with van der Waals surface area (Å²) in [7, 11) is 0. The summed E-state index contributed by atoms with van der Waals surface area (Å²) in [4.78, 5) is 17.3. The number of nitrogens with zero attached hydrogens (tertiary/aromatic N) is 4. The van der Waals surface area contributed by atoms with Crippen LogP contribution in [0.2, 0.25) is 0 Å². The topological polar surface area (TPSA) is 127 Å². The van der Waals surface area contributed by atoms with Gasteiger partial charge in [0.1, 0.15) is 11.4 Å². The van der Waals surface area contributed by atoms with Gasteiger partial charge in [-0.15, -0.1) is 4.72 Å². The third-order valence-electron chi connectivity index (χ3n) is 6.24. The lowest BCUT2D eigenvalue weighted by Crippen LogP contribution is -2.40. The molecular formula is C25H36F2N6O3S. The van der Waals surface area contributed by atoms with Crippen LogP contribution in [-0.2, 0) is 16.1 Å². The molecule has 37 heavy (non-hydrogen) atoms. The van der Waals surface area contributed by atoms with Crippen molar-refractivity contribution in [3.05, 3.63) is 29.7 Å². The summed E-state index contributed by atoms with van der Waals surface area (Å²) < 4.78 is 50.0. The molecule has 0 aliphatic heterocycles. The molecule has 9 nitrogen and oxygen atoms in total. The van der Waals surface area contributed by atoms with Crippen molar-refractivity contribution >= 4 is 23.1 Å². The molecule has 0 spiro atoms. The number of unbranched alkanes of at least 4 members (excludes halogenated alkanes) is 1. The third kappa shape index (κ3) is 8.51. The molecule has 2 N–H and O–H groups in total. The van der Waals surface area contributed by atoms with Gasteiger partial charge in [-0.2, -0.15) is 10.4 Å². The van der Waals surface area contributed by atoms with Crippen molar-refractivity contribution in [2.75, 3.05) is 5.75 Å². The Balaban J connectivity index is 1.87. The van der Waals surface area contributed by atoms with Crippen LogP contribution in [-0.4, -0.2) is 42.5 Å². The van der Waals surface area contributed by atoms with Gasteiger partial charge in [-0.3, -0.25) is 0 Å². The maximum Gasteiger partial charge on any atom is 0.408 e. The number of nitrogens with one attached hydrogen (secondary N) is 2. The van der Waals surface area contributed by atoms with E-state index in [1.807, 2.05) is 6.92 Å². The van der Waals surface area contributed by atoms with Crippen molar-refractivity contribution in [2.45, 2.75) is 96.2 Å². The number of amides is 1. The maximum atomic E-state index is 13.8. The molecule has 0 aromatic carbocycles. The summed E-state index contributed by atoms with van der Waals surface area (Å²) in [5.41, 5.74) is 0.893. The molecule has 2 aromatic heterocycles. The molecule has 3 rings (SSSR count). The number of rotatable bonds is 10. The van der Waals surface area contributed by atoms with E-state index in [4.69, 9.17) is 4.74 Å². The highest BCUT2D eigenvalue weighted by Gasteiger charge is 2.39. The number of alkyl halides is 2. The first-order chi connectivity index (χ1) is 17.4.